The van der Waals surface area contributed by atoms with E-state index in [1.54, 1.807) is 18.2 Å². The Bertz CT molecular complexity index is 898. The summed E-state index contributed by atoms with van der Waals surface area (Å²) in [6.07, 6.45) is 1.57. The maximum Gasteiger partial charge on any atom is 0.349 e. The summed E-state index contributed by atoms with van der Waals surface area (Å²) in [5.74, 6) is 0.104. The Morgan fingerprint density at radius 2 is 1.93 bits per heavy atom. The third-order valence-corrected chi connectivity index (χ3v) is 4.79. The summed E-state index contributed by atoms with van der Waals surface area (Å²) in [5.41, 5.74) is -0.463. The highest BCUT2D eigenvalue weighted by Gasteiger charge is 2.38. The number of amides is 1. The number of hydrogen-bond acceptors (Lipinski definition) is 5. The maximum atomic E-state index is 12.8. The van der Waals surface area contributed by atoms with E-state index < -0.39 is 11.5 Å². The smallest absolute Gasteiger partial charge is 0.349 e. The van der Waals surface area contributed by atoms with Crippen molar-refractivity contribution in [1.29, 1.82) is 0 Å². The van der Waals surface area contributed by atoms with E-state index in [1.807, 2.05) is 13.0 Å². The summed E-state index contributed by atoms with van der Waals surface area (Å²) in [6.45, 7) is 10.8. The first-order valence-electron chi connectivity index (χ1n) is 9.40. The molecule has 1 aromatic carbocycles. The number of fused-ring (bicyclic) bond motifs is 1. The summed E-state index contributed by atoms with van der Waals surface area (Å²) in [4.78, 5) is 25.2. The number of para-hydroxylation sites is 1. The van der Waals surface area contributed by atoms with E-state index in [4.69, 9.17) is 9.15 Å². The molecule has 1 aromatic heterocycles. The highest BCUT2D eigenvalue weighted by molar-refractivity contribution is 5.97. The molecule has 146 valence electrons. The average Bonchev–Trinajstić information content (AvgIpc) is 2.52. The van der Waals surface area contributed by atoms with Crippen molar-refractivity contribution in [2.24, 2.45) is 0 Å². The molecule has 2 N–H and O–H groups in total. The fraction of sp³-hybridized carbons (Fsp3) is 0.524. The van der Waals surface area contributed by atoms with E-state index in [0.29, 0.717) is 23.3 Å². The van der Waals surface area contributed by atoms with Gasteiger partial charge in [-0.05, 0) is 59.6 Å². The minimum absolute atomic E-state index is 0.0188. The van der Waals surface area contributed by atoms with Crippen molar-refractivity contribution in [1.82, 2.24) is 10.6 Å². The zero-order valence-electron chi connectivity index (χ0n) is 16.6. The molecule has 3 rings (SSSR count). The van der Waals surface area contributed by atoms with Crippen molar-refractivity contribution in [3.63, 3.8) is 0 Å². The molecule has 0 unspecified atom stereocenters. The first kappa shape index (κ1) is 19.4. The van der Waals surface area contributed by atoms with Gasteiger partial charge < -0.3 is 19.8 Å². The third-order valence-electron chi connectivity index (χ3n) is 4.79. The molecule has 0 atom stereocenters. The van der Waals surface area contributed by atoms with Crippen LogP contribution in [0.1, 0.15) is 57.8 Å². The van der Waals surface area contributed by atoms with Crippen LogP contribution in [-0.4, -0.2) is 29.6 Å². The Labute approximate surface area is 159 Å². The van der Waals surface area contributed by atoms with Crippen LogP contribution in [0.2, 0.25) is 0 Å². The van der Waals surface area contributed by atoms with Gasteiger partial charge in [-0.3, -0.25) is 4.79 Å². The lowest BCUT2D eigenvalue weighted by atomic mass is 9.79. The molecule has 0 radical (unpaired) electrons. The first-order valence-corrected chi connectivity index (χ1v) is 9.40. The second-order valence-electron chi connectivity index (χ2n) is 8.53. The molecule has 0 saturated carbocycles. The van der Waals surface area contributed by atoms with Crippen molar-refractivity contribution in [2.75, 3.05) is 6.61 Å². The summed E-state index contributed by atoms with van der Waals surface area (Å²) >= 11 is 0. The molecule has 0 spiro atoms. The third kappa shape index (κ3) is 4.33. The van der Waals surface area contributed by atoms with Crippen LogP contribution in [0.3, 0.4) is 0 Å². The first-order chi connectivity index (χ1) is 12.6. The van der Waals surface area contributed by atoms with Gasteiger partial charge in [0, 0.05) is 22.5 Å². The molecule has 0 aliphatic carbocycles. The van der Waals surface area contributed by atoms with Gasteiger partial charge in [-0.2, -0.15) is 0 Å². The van der Waals surface area contributed by atoms with E-state index >= 15 is 0 Å². The number of hydrogen-bond donors (Lipinski definition) is 2. The van der Waals surface area contributed by atoms with Crippen LogP contribution in [0, 0.1) is 0 Å². The second-order valence-corrected chi connectivity index (χ2v) is 8.53. The minimum Gasteiger partial charge on any atom is -0.490 e. The van der Waals surface area contributed by atoms with Gasteiger partial charge in [0.05, 0.1) is 6.61 Å². The zero-order chi connectivity index (χ0) is 19.8. The number of carbonyl (C=O) groups is 1. The molecule has 1 saturated heterocycles. The number of rotatable bonds is 4. The highest BCUT2D eigenvalue weighted by atomic mass is 16.5. The monoisotopic (exact) mass is 372 g/mol. The van der Waals surface area contributed by atoms with E-state index in [-0.39, 0.29) is 22.7 Å². The van der Waals surface area contributed by atoms with Gasteiger partial charge in [0.15, 0.2) is 11.3 Å². The van der Waals surface area contributed by atoms with Gasteiger partial charge in [0.2, 0.25) is 0 Å². The number of ether oxygens (including phenoxy) is 1. The lowest BCUT2D eigenvalue weighted by Crippen LogP contribution is -2.62. The molecule has 27 heavy (non-hydrogen) atoms. The van der Waals surface area contributed by atoms with Gasteiger partial charge in [-0.15, -0.1) is 0 Å². The Hall–Kier alpha value is -2.34. The Kier molecular flexibility index (Phi) is 5.04. The summed E-state index contributed by atoms with van der Waals surface area (Å²) < 4.78 is 10.9. The fourth-order valence-corrected chi connectivity index (χ4v) is 4.23. The van der Waals surface area contributed by atoms with E-state index in [0.717, 1.165) is 12.8 Å². The average molecular weight is 372 g/mol. The molecule has 2 heterocycles. The van der Waals surface area contributed by atoms with Crippen LogP contribution in [0.4, 0.5) is 0 Å². The van der Waals surface area contributed by atoms with Gasteiger partial charge in [-0.1, -0.05) is 12.1 Å². The van der Waals surface area contributed by atoms with Crippen molar-refractivity contribution in [3.05, 3.63) is 40.2 Å². The normalized spacial score (nSPS) is 19.0. The molecular formula is C21H28N2O4. The lowest BCUT2D eigenvalue weighted by Gasteiger charge is -2.46. The zero-order valence-corrected chi connectivity index (χ0v) is 16.6. The number of carbonyl (C=O) groups excluding carboxylic acids is 1. The molecular weight excluding hydrogens is 344 g/mol. The standard InChI is InChI=1S/C21H28N2O4/c1-6-26-16-9-7-8-13-10-15(19(25)27-17(13)16)18(24)22-14-11-20(2,3)23-21(4,5)12-14/h7-10,14,23H,6,11-12H2,1-5H3,(H,22,24). The second kappa shape index (κ2) is 7.00. The molecule has 1 aliphatic heterocycles. The molecule has 1 aliphatic rings. The van der Waals surface area contributed by atoms with Gasteiger partial charge >= 0.3 is 5.63 Å². The minimum atomic E-state index is -0.653. The van der Waals surface area contributed by atoms with Crippen LogP contribution >= 0.6 is 0 Å². The molecule has 6 nitrogen and oxygen atoms in total. The Morgan fingerprint density at radius 1 is 1.26 bits per heavy atom. The van der Waals surface area contributed by atoms with Crippen molar-refractivity contribution < 1.29 is 13.9 Å². The summed E-state index contributed by atoms with van der Waals surface area (Å²) in [5, 5.41) is 7.27. The Balaban J connectivity index is 1.88. The molecule has 2 aromatic rings. The maximum absolute atomic E-state index is 12.8. The Morgan fingerprint density at radius 3 is 2.56 bits per heavy atom. The van der Waals surface area contributed by atoms with E-state index in [1.165, 1.54) is 0 Å². The predicted molar refractivity (Wildman–Crippen MR) is 105 cm³/mol. The quantitative estimate of drug-likeness (QED) is 0.806. The molecule has 6 heteroatoms. The largest absolute Gasteiger partial charge is 0.490 e. The van der Waals surface area contributed by atoms with Crippen molar-refractivity contribution in [3.8, 4) is 5.75 Å². The molecule has 1 amide bonds. The van der Waals surface area contributed by atoms with Gasteiger partial charge in [-0.25, -0.2) is 4.79 Å². The fourth-order valence-electron chi connectivity index (χ4n) is 4.23. The number of piperidine rings is 1. The van der Waals surface area contributed by atoms with Crippen LogP contribution in [0.25, 0.3) is 11.0 Å². The summed E-state index contributed by atoms with van der Waals surface area (Å²) in [6, 6.07) is 6.92. The van der Waals surface area contributed by atoms with Crippen LogP contribution in [0.5, 0.6) is 5.75 Å². The predicted octanol–water partition coefficient (Wildman–Crippen LogP) is 3.23. The van der Waals surface area contributed by atoms with Crippen molar-refractivity contribution in [2.45, 2.75) is 64.6 Å². The number of benzene rings is 1. The van der Waals surface area contributed by atoms with Gasteiger partial charge in [0.1, 0.15) is 5.56 Å². The van der Waals surface area contributed by atoms with Gasteiger partial charge in [0.25, 0.3) is 5.91 Å². The SMILES string of the molecule is CCOc1cccc2cc(C(=O)NC3CC(C)(C)NC(C)(C)C3)c(=O)oc12. The topological polar surface area (TPSA) is 80.6 Å². The number of nitrogens with one attached hydrogen (secondary N) is 2. The van der Waals surface area contributed by atoms with Crippen molar-refractivity contribution >= 4 is 16.9 Å². The van der Waals surface area contributed by atoms with Crippen LogP contribution in [-0.2, 0) is 0 Å². The molecule has 0 bridgehead atoms. The van der Waals surface area contributed by atoms with Crippen LogP contribution < -0.4 is 21.0 Å². The molecule has 1 fully saturated rings. The van der Waals surface area contributed by atoms with E-state index in [9.17, 15) is 9.59 Å². The van der Waals surface area contributed by atoms with E-state index in [2.05, 4.69) is 38.3 Å². The summed E-state index contributed by atoms with van der Waals surface area (Å²) in [7, 11) is 0. The van der Waals surface area contributed by atoms with Crippen LogP contribution in [0.15, 0.2) is 33.5 Å². The highest BCUT2D eigenvalue weighted by Crippen LogP contribution is 2.29. The lowest BCUT2D eigenvalue weighted by molar-refractivity contribution is 0.0869.